The molecule has 0 amide bonds. The number of hydrogen-bond donors (Lipinski definition) is 2. The van der Waals surface area contributed by atoms with Gasteiger partial charge in [0.15, 0.2) is 5.96 Å². The summed E-state index contributed by atoms with van der Waals surface area (Å²) in [6.45, 7) is 9.04. The van der Waals surface area contributed by atoms with Gasteiger partial charge < -0.3 is 15.4 Å². The third-order valence-electron chi connectivity index (χ3n) is 3.80. The van der Waals surface area contributed by atoms with Crippen LogP contribution in [-0.2, 0) is 4.74 Å². The Morgan fingerprint density at radius 2 is 2.30 bits per heavy atom. The molecule has 2 heterocycles. The zero-order chi connectivity index (χ0) is 13.6. The van der Waals surface area contributed by atoms with Crippen LogP contribution < -0.4 is 10.6 Å². The molecule has 0 aromatic heterocycles. The summed E-state index contributed by atoms with van der Waals surface area (Å²) in [5.74, 6) is 2.89. The molecule has 0 aliphatic carbocycles. The number of thioether (sulfide) groups is 1. The lowest BCUT2D eigenvalue weighted by Crippen LogP contribution is -2.40. The second-order valence-electron chi connectivity index (χ2n) is 5.71. The Morgan fingerprint density at radius 1 is 1.45 bits per heavy atom. The summed E-state index contributed by atoms with van der Waals surface area (Å²) in [5, 5.41) is 6.79. The molecule has 2 saturated heterocycles. The maximum Gasteiger partial charge on any atom is 0.191 e. The number of guanidine groups is 1. The Morgan fingerprint density at radius 3 is 2.90 bits per heavy atom. The highest BCUT2D eigenvalue weighted by Gasteiger charge is 2.29. The summed E-state index contributed by atoms with van der Waals surface area (Å²) in [6, 6.07) is 0. The molecule has 118 valence electrons. The number of ether oxygens (including phenoxy) is 1. The van der Waals surface area contributed by atoms with Gasteiger partial charge >= 0.3 is 0 Å². The van der Waals surface area contributed by atoms with Crippen LogP contribution in [0.25, 0.3) is 0 Å². The molecular weight excluding hydrogens is 385 g/mol. The topological polar surface area (TPSA) is 45.7 Å². The fraction of sp³-hybridized carbons (Fsp3) is 0.929. The molecule has 2 N–H and O–H groups in total. The Labute approximate surface area is 144 Å². The zero-order valence-corrected chi connectivity index (χ0v) is 15.8. The minimum atomic E-state index is 0. The van der Waals surface area contributed by atoms with Crippen molar-refractivity contribution in [3.63, 3.8) is 0 Å². The van der Waals surface area contributed by atoms with E-state index in [2.05, 4.69) is 36.2 Å². The first-order valence-electron chi connectivity index (χ1n) is 7.46. The van der Waals surface area contributed by atoms with Crippen LogP contribution in [0.5, 0.6) is 0 Å². The van der Waals surface area contributed by atoms with Crippen LogP contribution >= 0.6 is 35.7 Å². The molecule has 2 aliphatic rings. The largest absolute Gasteiger partial charge is 0.381 e. The highest BCUT2D eigenvalue weighted by atomic mass is 127. The third-order valence-corrected chi connectivity index (χ3v) is 5.32. The molecule has 2 rings (SSSR count). The maximum atomic E-state index is 5.40. The first-order chi connectivity index (χ1) is 9.22. The molecule has 6 heteroatoms. The third kappa shape index (κ3) is 5.97. The second-order valence-corrected chi connectivity index (χ2v) is 7.39. The SMILES string of the molecule is CCNC(=NCC1(C)CCCS1)NCC1CCOC1.I. The highest BCUT2D eigenvalue weighted by Crippen LogP contribution is 2.37. The predicted molar refractivity (Wildman–Crippen MR) is 98.4 cm³/mol. The molecule has 0 bridgehead atoms. The van der Waals surface area contributed by atoms with Gasteiger partial charge in [-0.2, -0.15) is 11.8 Å². The minimum absolute atomic E-state index is 0. The Hall–Kier alpha value is 0.310. The van der Waals surface area contributed by atoms with E-state index < -0.39 is 0 Å². The van der Waals surface area contributed by atoms with Gasteiger partial charge in [0.05, 0.1) is 13.2 Å². The molecule has 2 aliphatic heterocycles. The Kier molecular flexibility index (Phi) is 8.59. The summed E-state index contributed by atoms with van der Waals surface area (Å²) >= 11 is 2.07. The van der Waals surface area contributed by atoms with Crippen molar-refractivity contribution in [2.75, 3.05) is 38.6 Å². The zero-order valence-electron chi connectivity index (χ0n) is 12.6. The van der Waals surface area contributed by atoms with E-state index in [1.807, 2.05) is 0 Å². The molecule has 4 nitrogen and oxygen atoms in total. The smallest absolute Gasteiger partial charge is 0.191 e. The van der Waals surface area contributed by atoms with Crippen LogP contribution in [0.3, 0.4) is 0 Å². The summed E-state index contributed by atoms with van der Waals surface area (Å²) in [5.41, 5.74) is 0. The van der Waals surface area contributed by atoms with Gasteiger partial charge in [-0.05, 0) is 38.9 Å². The number of halogens is 1. The molecule has 20 heavy (non-hydrogen) atoms. The molecule has 2 fully saturated rings. The van der Waals surface area contributed by atoms with Gasteiger partial charge in [0, 0.05) is 30.4 Å². The summed E-state index contributed by atoms with van der Waals surface area (Å²) < 4.78 is 5.75. The number of rotatable bonds is 5. The molecular formula is C14H28IN3OS. The molecule has 0 aromatic carbocycles. The molecule has 0 spiro atoms. The van der Waals surface area contributed by atoms with Gasteiger partial charge in [-0.15, -0.1) is 24.0 Å². The number of nitrogens with zero attached hydrogens (tertiary/aromatic N) is 1. The van der Waals surface area contributed by atoms with Crippen LogP contribution in [-0.4, -0.2) is 49.3 Å². The van der Waals surface area contributed by atoms with E-state index in [0.717, 1.165) is 38.8 Å². The van der Waals surface area contributed by atoms with E-state index in [1.54, 1.807) is 0 Å². The average molecular weight is 413 g/mol. The van der Waals surface area contributed by atoms with Crippen LogP contribution in [0, 0.1) is 5.92 Å². The summed E-state index contributed by atoms with van der Waals surface area (Å²) in [4.78, 5) is 4.76. The average Bonchev–Trinajstić information content (AvgIpc) is 3.05. The van der Waals surface area contributed by atoms with Crippen molar-refractivity contribution < 1.29 is 4.74 Å². The normalized spacial score (nSPS) is 30.1. The van der Waals surface area contributed by atoms with E-state index in [0.29, 0.717) is 10.7 Å². The Bertz CT molecular complexity index is 303. The van der Waals surface area contributed by atoms with Gasteiger partial charge in [0.1, 0.15) is 0 Å². The van der Waals surface area contributed by atoms with E-state index in [9.17, 15) is 0 Å². The van der Waals surface area contributed by atoms with Crippen molar-refractivity contribution >= 4 is 41.7 Å². The van der Waals surface area contributed by atoms with Crippen molar-refractivity contribution in [3.8, 4) is 0 Å². The molecule has 0 saturated carbocycles. The van der Waals surface area contributed by atoms with Crippen LogP contribution in [0.15, 0.2) is 4.99 Å². The van der Waals surface area contributed by atoms with E-state index in [-0.39, 0.29) is 24.0 Å². The van der Waals surface area contributed by atoms with Gasteiger partial charge in [-0.25, -0.2) is 0 Å². The Balaban J connectivity index is 0.00000200. The first kappa shape index (κ1) is 18.4. The number of hydrogen-bond acceptors (Lipinski definition) is 3. The van der Waals surface area contributed by atoms with Crippen LogP contribution in [0.1, 0.15) is 33.1 Å². The van der Waals surface area contributed by atoms with E-state index in [4.69, 9.17) is 9.73 Å². The van der Waals surface area contributed by atoms with E-state index in [1.165, 1.54) is 25.0 Å². The van der Waals surface area contributed by atoms with Crippen LogP contribution in [0.4, 0.5) is 0 Å². The van der Waals surface area contributed by atoms with Gasteiger partial charge in [0.25, 0.3) is 0 Å². The van der Waals surface area contributed by atoms with Crippen molar-refractivity contribution in [2.45, 2.75) is 37.9 Å². The van der Waals surface area contributed by atoms with Gasteiger partial charge in [-0.1, -0.05) is 0 Å². The summed E-state index contributed by atoms with van der Waals surface area (Å²) in [7, 11) is 0. The van der Waals surface area contributed by atoms with Gasteiger partial charge in [0.2, 0.25) is 0 Å². The lowest BCUT2D eigenvalue weighted by molar-refractivity contribution is 0.186. The lowest BCUT2D eigenvalue weighted by atomic mass is 10.1. The molecule has 2 unspecified atom stereocenters. The standard InChI is InChI=1S/C14H27N3OS.HI/c1-3-15-13(16-9-12-5-7-18-10-12)17-11-14(2)6-4-8-19-14;/h12H,3-11H2,1-2H3,(H2,15,16,17);1H. The molecule has 2 atom stereocenters. The fourth-order valence-corrected chi connectivity index (χ4v) is 3.76. The van der Waals surface area contributed by atoms with E-state index >= 15 is 0 Å². The molecule has 0 radical (unpaired) electrons. The lowest BCUT2D eigenvalue weighted by Gasteiger charge is -2.21. The monoisotopic (exact) mass is 413 g/mol. The fourth-order valence-electron chi connectivity index (χ4n) is 2.53. The summed E-state index contributed by atoms with van der Waals surface area (Å²) in [6.07, 6.45) is 3.79. The molecule has 0 aromatic rings. The number of aliphatic imine (C=N–C) groups is 1. The van der Waals surface area contributed by atoms with Crippen LogP contribution in [0.2, 0.25) is 0 Å². The second kappa shape index (κ2) is 9.35. The van der Waals surface area contributed by atoms with Crippen molar-refractivity contribution in [1.29, 1.82) is 0 Å². The number of nitrogens with one attached hydrogen (secondary N) is 2. The van der Waals surface area contributed by atoms with Crippen molar-refractivity contribution in [1.82, 2.24) is 10.6 Å². The quantitative estimate of drug-likeness (QED) is 0.413. The highest BCUT2D eigenvalue weighted by molar-refractivity contribution is 14.0. The first-order valence-corrected chi connectivity index (χ1v) is 8.44. The maximum absolute atomic E-state index is 5.40. The van der Waals surface area contributed by atoms with Gasteiger partial charge in [-0.3, -0.25) is 4.99 Å². The minimum Gasteiger partial charge on any atom is -0.381 e. The van der Waals surface area contributed by atoms with Crippen molar-refractivity contribution in [3.05, 3.63) is 0 Å². The van der Waals surface area contributed by atoms with Crippen molar-refractivity contribution in [2.24, 2.45) is 10.9 Å². The predicted octanol–water partition coefficient (Wildman–Crippen LogP) is 2.48.